The topological polar surface area (TPSA) is 79.7 Å². The molecule has 1 amide bonds. The summed E-state index contributed by atoms with van der Waals surface area (Å²) in [5, 5.41) is 0.324. The Morgan fingerprint density at radius 3 is 2.84 bits per heavy atom. The number of ether oxygens (including phenoxy) is 1. The molecule has 0 saturated heterocycles. The molecule has 8 heteroatoms. The van der Waals surface area contributed by atoms with Crippen molar-refractivity contribution in [3.05, 3.63) is 44.8 Å². The Kier molecular flexibility index (Phi) is 6.77. The van der Waals surface area contributed by atoms with E-state index in [2.05, 4.69) is 16.6 Å². The Hall–Kier alpha value is -2.90. The first kappa shape index (κ1) is 22.3. The number of hydrogen-bond donors (Lipinski definition) is 1. The van der Waals surface area contributed by atoms with Gasteiger partial charge in [-0.2, -0.15) is 0 Å². The van der Waals surface area contributed by atoms with E-state index >= 15 is 0 Å². The van der Waals surface area contributed by atoms with Gasteiger partial charge in [-0.1, -0.05) is 31.9 Å². The first-order chi connectivity index (χ1) is 15.5. The second-order valence-corrected chi connectivity index (χ2v) is 8.76. The number of imidazole rings is 1. The molecular weight excluding hydrogens is 411 g/mol. The Morgan fingerprint density at radius 1 is 1.28 bits per heavy atom. The van der Waals surface area contributed by atoms with Crippen LogP contribution in [0.4, 0.5) is 10.1 Å². The number of aromatic amines is 1. The normalized spacial score (nSPS) is 15.6. The number of amides is 1. The number of aromatic nitrogens is 2. The van der Waals surface area contributed by atoms with E-state index in [0.717, 1.165) is 37.7 Å². The Bertz CT molecular complexity index is 1150. The SMILES string of the molecule is C=c1c(=O)[nH]c2n1Cc1ccc(F)c(OCCCCCC(=O)N(C)C3CCCCC3)c1N=2. The van der Waals surface area contributed by atoms with Gasteiger partial charge in [-0.05, 0) is 38.2 Å². The molecule has 1 aliphatic heterocycles. The van der Waals surface area contributed by atoms with Crippen LogP contribution in [0.1, 0.15) is 63.4 Å². The zero-order chi connectivity index (χ0) is 22.7. The van der Waals surface area contributed by atoms with Gasteiger partial charge < -0.3 is 14.2 Å². The first-order valence-electron chi connectivity index (χ1n) is 11.5. The highest BCUT2D eigenvalue weighted by molar-refractivity contribution is 5.76. The number of halogens is 1. The molecule has 0 atom stereocenters. The molecule has 7 nitrogen and oxygen atoms in total. The molecule has 172 valence electrons. The van der Waals surface area contributed by atoms with Crippen LogP contribution in [-0.4, -0.2) is 40.1 Å². The summed E-state index contributed by atoms with van der Waals surface area (Å²) in [6, 6.07) is 3.41. The second kappa shape index (κ2) is 9.71. The minimum Gasteiger partial charge on any atom is -0.488 e. The highest BCUT2D eigenvalue weighted by Crippen LogP contribution is 2.35. The van der Waals surface area contributed by atoms with Crippen molar-refractivity contribution in [2.24, 2.45) is 4.99 Å². The van der Waals surface area contributed by atoms with Gasteiger partial charge in [0.05, 0.1) is 13.2 Å². The number of nitrogens with one attached hydrogen (secondary N) is 1. The van der Waals surface area contributed by atoms with Gasteiger partial charge in [0.25, 0.3) is 5.56 Å². The number of fused-ring (bicyclic) bond motifs is 2. The van der Waals surface area contributed by atoms with Gasteiger partial charge in [0.2, 0.25) is 11.5 Å². The van der Waals surface area contributed by atoms with Crippen molar-refractivity contribution in [1.29, 1.82) is 0 Å². The molecule has 1 aromatic heterocycles. The van der Waals surface area contributed by atoms with Crippen molar-refractivity contribution in [2.45, 2.75) is 70.4 Å². The predicted octanol–water partition coefficient (Wildman–Crippen LogP) is 2.77. The summed E-state index contributed by atoms with van der Waals surface area (Å²) in [6.07, 6.45) is 8.81. The van der Waals surface area contributed by atoms with Crippen LogP contribution in [0.5, 0.6) is 5.75 Å². The molecule has 1 N–H and O–H groups in total. The first-order valence-corrected chi connectivity index (χ1v) is 11.5. The third-order valence-electron chi connectivity index (χ3n) is 6.58. The van der Waals surface area contributed by atoms with Gasteiger partial charge in [0, 0.05) is 25.1 Å². The third kappa shape index (κ3) is 4.64. The third-order valence-corrected chi connectivity index (χ3v) is 6.58. The minimum atomic E-state index is -0.478. The molecule has 1 aliphatic carbocycles. The number of carbonyl (C=O) groups excluding carboxylic acids is 1. The fourth-order valence-corrected chi connectivity index (χ4v) is 4.58. The molecule has 0 bridgehead atoms. The summed E-state index contributed by atoms with van der Waals surface area (Å²) in [5.74, 6) is -0.162. The quantitative estimate of drug-likeness (QED) is 0.545. The van der Waals surface area contributed by atoms with E-state index < -0.39 is 5.82 Å². The van der Waals surface area contributed by atoms with Crippen molar-refractivity contribution in [2.75, 3.05) is 13.7 Å². The number of nitrogens with zero attached hydrogens (tertiary/aromatic N) is 3. The lowest BCUT2D eigenvalue weighted by Gasteiger charge is -2.31. The monoisotopic (exact) mass is 442 g/mol. The lowest BCUT2D eigenvalue weighted by Crippen LogP contribution is -2.38. The lowest BCUT2D eigenvalue weighted by molar-refractivity contribution is -0.132. The summed E-state index contributed by atoms with van der Waals surface area (Å²) in [6.45, 7) is 4.49. The summed E-state index contributed by atoms with van der Waals surface area (Å²) < 4.78 is 21.9. The molecule has 0 spiro atoms. The average Bonchev–Trinajstić information content (AvgIpc) is 3.08. The van der Waals surface area contributed by atoms with Crippen LogP contribution in [0, 0.1) is 5.82 Å². The zero-order valence-electron chi connectivity index (χ0n) is 18.7. The van der Waals surface area contributed by atoms with Crippen LogP contribution in [-0.2, 0) is 11.3 Å². The number of H-pyrrole nitrogens is 1. The fourth-order valence-electron chi connectivity index (χ4n) is 4.58. The molecule has 1 fully saturated rings. The molecule has 0 radical (unpaired) electrons. The molecular formula is C24H31FN4O3. The summed E-state index contributed by atoms with van der Waals surface area (Å²) >= 11 is 0. The van der Waals surface area contributed by atoms with E-state index in [9.17, 15) is 14.0 Å². The molecule has 1 aromatic carbocycles. The van der Waals surface area contributed by atoms with Crippen molar-refractivity contribution in [3.8, 4) is 5.75 Å². The maximum atomic E-state index is 14.5. The van der Waals surface area contributed by atoms with E-state index in [0.29, 0.717) is 42.3 Å². The minimum absolute atomic E-state index is 0.106. The van der Waals surface area contributed by atoms with Crippen molar-refractivity contribution in [3.63, 3.8) is 0 Å². The zero-order valence-corrected chi connectivity index (χ0v) is 18.7. The average molecular weight is 443 g/mol. The highest BCUT2D eigenvalue weighted by Gasteiger charge is 2.22. The number of unbranched alkanes of at least 4 members (excludes halogenated alkanes) is 2. The number of hydrogen-bond acceptors (Lipinski definition) is 4. The van der Waals surface area contributed by atoms with Gasteiger partial charge in [-0.3, -0.25) is 14.6 Å². The van der Waals surface area contributed by atoms with Crippen LogP contribution >= 0.6 is 0 Å². The van der Waals surface area contributed by atoms with Crippen molar-refractivity contribution < 1.29 is 13.9 Å². The van der Waals surface area contributed by atoms with E-state index in [1.807, 2.05) is 11.9 Å². The van der Waals surface area contributed by atoms with Crippen LogP contribution < -0.4 is 21.3 Å². The predicted molar refractivity (Wildman–Crippen MR) is 120 cm³/mol. The number of carbonyl (C=O) groups is 1. The highest BCUT2D eigenvalue weighted by atomic mass is 19.1. The summed E-state index contributed by atoms with van der Waals surface area (Å²) in [7, 11) is 1.92. The molecule has 2 aliphatic rings. The molecule has 4 rings (SSSR count). The Labute approximate surface area is 186 Å². The van der Waals surface area contributed by atoms with Crippen LogP contribution in [0.2, 0.25) is 0 Å². The smallest absolute Gasteiger partial charge is 0.274 e. The molecule has 2 aromatic rings. The Balaban J connectivity index is 1.29. The fraction of sp³-hybridized carbons (Fsp3) is 0.542. The van der Waals surface area contributed by atoms with Gasteiger partial charge in [0.1, 0.15) is 11.0 Å². The maximum Gasteiger partial charge on any atom is 0.274 e. The van der Waals surface area contributed by atoms with Crippen LogP contribution in [0.3, 0.4) is 0 Å². The van der Waals surface area contributed by atoms with Gasteiger partial charge in [0.15, 0.2) is 11.6 Å². The van der Waals surface area contributed by atoms with Gasteiger partial charge in [-0.15, -0.1) is 0 Å². The molecule has 2 heterocycles. The largest absolute Gasteiger partial charge is 0.488 e. The summed E-state index contributed by atoms with van der Waals surface area (Å²) in [4.78, 5) is 33.2. The van der Waals surface area contributed by atoms with E-state index in [1.54, 1.807) is 10.6 Å². The van der Waals surface area contributed by atoms with E-state index in [1.165, 1.54) is 25.3 Å². The standard InChI is InChI=1S/C24H31FN4O3/c1-16-23(31)27-24-26-21-17(15-29(16)24)12-13-19(25)22(21)32-14-8-4-7-11-20(30)28(2)18-9-5-3-6-10-18/h12-13,18H,1,3-11,14-15H2,2H3,(H,26,27,31). The Morgan fingerprint density at radius 2 is 2.06 bits per heavy atom. The van der Waals surface area contributed by atoms with E-state index in [4.69, 9.17) is 4.74 Å². The second-order valence-electron chi connectivity index (χ2n) is 8.76. The molecule has 32 heavy (non-hydrogen) atoms. The van der Waals surface area contributed by atoms with Crippen molar-refractivity contribution in [1.82, 2.24) is 14.5 Å². The van der Waals surface area contributed by atoms with Gasteiger partial charge in [-0.25, -0.2) is 9.38 Å². The molecule has 0 unspecified atom stereocenters. The van der Waals surface area contributed by atoms with Gasteiger partial charge >= 0.3 is 0 Å². The van der Waals surface area contributed by atoms with Crippen molar-refractivity contribution >= 4 is 18.2 Å². The summed E-state index contributed by atoms with van der Waals surface area (Å²) in [5.41, 5.74) is 1.24. The van der Waals surface area contributed by atoms with E-state index in [-0.39, 0.29) is 17.2 Å². The van der Waals surface area contributed by atoms with Crippen LogP contribution in [0.15, 0.2) is 21.9 Å². The van der Waals surface area contributed by atoms with Crippen LogP contribution in [0.25, 0.3) is 6.58 Å². The number of rotatable bonds is 8. The maximum absolute atomic E-state index is 14.5. The molecule has 1 saturated carbocycles. The lowest BCUT2D eigenvalue weighted by atomic mass is 9.94. The number of benzene rings is 1.